The Kier molecular flexibility index (Phi) is 3.56. The summed E-state index contributed by atoms with van der Waals surface area (Å²) in [6.07, 6.45) is 5.10. The highest BCUT2D eigenvalue weighted by molar-refractivity contribution is 5.16. The molecule has 3 nitrogen and oxygen atoms in total. The van der Waals surface area contributed by atoms with Crippen molar-refractivity contribution in [3.63, 3.8) is 0 Å². The fourth-order valence-electron chi connectivity index (χ4n) is 2.40. The van der Waals surface area contributed by atoms with Gasteiger partial charge < -0.3 is 5.73 Å². The summed E-state index contributed by atoms with van der Waals surface area (Å²) in [5.41, 5.74) is 8.49. The van der Waals surface area contributed by atoms with Crippen LogP contribution in [0.15, 0.2) is 18.5 Å². The molecule has 1 aromatic heterocycles. The Bertz CT molecular complexity index is 349. The van der Waals surface area contributed by atoms with Crippen LogP contribution in [0.1, 0.15) is 24.5 Å². The van der Waals surface area contributed by atoms with Crippen molar-refractivity contribution in [1.82, 2.24) is 9.88 Å². The Morgan fingerprint density at radius 1 is 1.56 bits per heavy atom. The molecule has 1 aliphatic heterocycles. The highest BCUT2D eigenvalue weighted by Crippen LogP contribution is 2.20. The zero-order valence-electron chi connectivity index (χ0n) is 10.2. The van der Waals surface area contributed by atoms with Crippen LogP contribution in [0.4, 0.5) is 0 Å². The van der Waals surface area contributed by atoms with Gasteiger partial charge >= 0.3 is 0 Å². The minimum Gasteiger partial charge on any atom is -0.328 e. The van der Waals surface area contributed by atoms with E-state index in [-0.39, 0.29) is 0 Å². The predicted molar refractivity (Wildman–Crippen MR) is 66.0 cm³/mol. The summed E-state index contributed by atoms with van der Waals surface area (Å²) in [7, 11) is 0. The fraction of sp³-hybridized carbons (Fsp3) is 0.615. The molecule has 2 atom stereocenters. The molecule has 3 heteroatoms. The standard InChI is InChI=1S/C13H21N3/c1-10-5-12(7-15-6-10)8-16-4-3-13(9-16)11(2)14/h5-7,11,13H,3-4,8-9,14H2,1-2H3. The van der Waals surface area contributed by atoms with Gasteiger partial charge in [0.25, 0.3) is 0 Å². The number of nitrogens with two attached hydrogens (primary N) is 1. The van der Waals surface area contributed by atoms with Crippen LogP contribution in [0.3, 0.4) is 0 Å². The van der Waals surface area contributed by atoms with Crippen molar-refractivity contribution in [2.24, 2.45) is 11.7 Å². The van der Waals surface area contributed by atoms with Crippen molar-refractivity contribution in [2.45, 2.75) is 32.9 Å². The minimum atomic E-state index is 0.320. The average Bonchev–Trinajstić information content (AvgIpc) is 2.66. The molecular formula is C13H21N3. The predicted octanol–water partition coefficient (Wildman–Crippen LogP) is 1.56. The van der Waals surface area contributed by atoms with Gasteiger partial charge in [-0.1, -0.05) is 6.07 Å². The molecule has 1 fully saturated rings. The van der Waals surface area contributed by atoms with Gasteiger partial charge in [0.15, 0.2) is 0 Å². The summed E-state index contributed by atoms with van der Waals surface area (Å²) >= 11 is 0. The number of rotatable bonds is 3. The first kappa shape index (κ1) is 11.6. The smallest absolute Gasteiger partial charge is 0.0313 e. The Labute approximate surface area is 97.7 Å². The summed E-state index contributed by atoms with van der Waals surface area (Å²) in [5, 5.41) is 0. The van der Waals surface area contributed by atoms with Crippen molar-refractivity contribution in [3.8, 4) is 0 Å². The quantitative estimate of drug-likeness (QED) is 0.839. The van der Waals surface area contributed by atoms with E-state index in [1.165, 1.54) is 24.1 Å². The van der Waals surface area contributed by atoms with Crippen molar-refractivity contribution in [1.29, 1.82) is 0 Å². The Balaban J connectivity index is 1.92. The Morgan fingerprint density at radius 2 is 2.38 bits per heavy atom. The third-order valence-corrected chi connectivity index (χ3v) is 3.39. The van der Waals surface area contributed by atoms with Gasteiger partial charge in [0.1, 0.15) is 0 Å². The topological polar surface area (TPSA) is 42.2 Å². The van der Waals surface area contributed by atoms with Crippen LogP contribution in [0.5, 0.6) is 0 Å². The number of pyridine rings is 1. The van der Waals surface area contributed by atoms with E-state index < -0.39 is 0 Å². The first-order chi connectivity index (χ1) is 7.65. The highest BCUT2D eigenvalue weighted by Gasteiger charge is 2.24. The maximum atomic E-state index is 5.94. The fourth-order valence-corrected chi connectivity index (χ4v) is 2.40. The van der Waals surface area contributed by atoms with Gasteiger partial charge in [-0.05, 0) is 43.9 Å². The zero-order valence-corrected chi connectivity index (χ0v) is 10.2. The second kappa shape index (κ2) is 4.93. The molecule has 0 radical (unpaired) electrons. The lowest BCUT2D eigenvalue weighted by molar-refractivity contribution is 0.308. The van der Waals surface area contributed by atoms with Crippen molar-refractivity contribution < 1.29 is 0 Å². The number of aromatic nitrogens is 1. The van der Waals surface area contributed by atoms with Crippen molar-refractivity contribution >= 4 is 0 Å². The molecule has 1 aliphatic rings. The molecule has 1 aromatic rings. The average molecular weight is 219 g/mol. The van der Waals surface area contributed by atoms with E-state index in [9.17, 15) is 0 Å². The first-order valence-electron chi connectivity index (χ1n) is 6.03. The third-order valence-electron chi connectivity index (χ3n) is 3.39. The van der Waals surface area contributed by atoms with Gasteiger partial charge in [0, 0.05) is 31.5 Å². The number of likely N-dealkylation sites (tertiary alicyclic amines) is 1. The summed E-state index contributed by atoms with van der Waals surface area (Å²) in [6, 6.07) is 2.53. The zero-order chi connectivity index (χ0) is 11.5. The van der Waals surface area contributed by atoms with Crippen LogP contribution < -0.4 is 5.73 Å². The maximum absolute atomic E-state index is 5.94. The Morgan fingerprint density at radius 3 is 3.00 bits per heavy atom. The lowest BCUT2D eigenvalue weighted by Gasteiger charge is -2.17. The summed E-state index contributed by atoms with van der Waals surface area (Å²) in [6.45, 7) is 7.51. The number of hydrogen-bond donors (Lipinski definition) is 1. The van der Waals surface area contributed by atoms with E-state index in [4.69, 9.17) is 5.73 Å². The molecule has 2 heterocycles. The van der Waals surface area contributed by atoms with Gasteiger partial charge in [-0.2, -0.15) is 0 Å². The molecule has 2 rings (SSSR count). The molecule has 1 saturated heterocycles. The molecule has 0 spiro atoms. The second-order valence-electron chi connectivity index (χ2n) is 5.01. The van der Waals surface area contributed by atoms with E-state index >= 15 is 0 Å². The summed E-state index contributed by atoms with van der Waals surface area (Å²) in [4.78, 5) is 6.71. The second-order valence-corrected chi connectivity index (χ2v) is 5.01. The monoisotopic (exact) mass is 219 g/mol. The highest BCUT2D eigenvalue weighted by atomic mass is 15.1. The largest absolute Gasteiger partial charge is 0.328 e. The Hall–Kier alpha value is -0.930. The normalized spacial score (nSPS) is 23.6. The van der Waals surface area contributed by atoms with Gasteiger partial charge in [-0.25, -0.2) is 0 Å². The van der Waals surface area contributed by atoms with Gasteiger partial charge in [0.2, 0.25) is 0 Å². The molecule has 2 unspecified atom stereocenters. The third kappa shape index (κ3) is 2.80. The van der Waals surface area contributed by atoms with Crippen LogP contribution in [0.25, 0.3) is 0 Å². The van der Waals surface area contributed by atoms with Crippen LogP contribution in [-0.2, 0) is 6.54 Å². The molecule has 0 aliphatic carbocycles. The van der Waals surface area contributed by atoms with Gasteiger partial charge in [-0.15, -0.1) is 0 Å². The van der Waals surface area contributed by atoms with E-state index in [1.807, 2.05) is 12.4 Å². The molecular weight excluding hydrogens is 198 g/mol. The van der Waals surface area contributed by atoms with Crippen LogP contribution in [0, 0.1) is 12.8 Å². The molecule has 0 saturated carbocycles. The van der Waals surface area contributed by atoms with E-state index in [0.717, 1.165) is 13.1 Å². The maximum Gasteiger partial charge on any atom is 0.0313 e. The minimum absolute atomic E-state index is 0.320. The number of hydrogen-bond acceptors (Lipinski definition) is 3. The van der Waals surface area contributed by atoms with Crippen molar-refractivity contribution in [3.05, 3.63) is 29.6 Å². The SMILES string of the molecule is Cc1cncc(CN2CCC(C(C)N)C2)c1. The molecule has 0 bridgehead atoms. The molecule has 16 heavy (non-hydrogen) atoms. The first-order valence-corrected chi connectivity index (χ1v) is 6.03. The van der Waals surface area contributed by atoms with E-state index in [1.54, 1.807) is 0 Å². The lowest BCUT2D eigenvalue weighted by atomic mass is 10.0. The van der Waals surface area contributed by atoms with Crippen LogP contribution >= 0.6 is 0 Å². The van der Waals surface area contributed by atoms with Crippen LogP contribution in [-0.4, -0.2) is 29.0 Å². The summed E-state index contributed by atoms with van der Waals surface area (Å²) in [5.74, 6) is 0.665. The van der Waals surface area contributed by atoms with Crippen LogP contribution in [0.2, 0.25) is 0 Å². The molecule has 0 amide bonds. The van der Waals surface area contributed by atoms with E-state index in [2.05, 4.69) is 29.8 Å². The van der Waals surface area contributed by atoms with Gasteiger partial charge in [0.05, 0.1) is 0 Å². The summed E-state index contributed by atoms with van der Waals surface area (Å²) < 4.78 is 0. The number of nitrogens with zero attached hydrogens (tertiary/aromatic N) is 2. The molecule has 0 aromatic carbocycles. The lowest BCUT2D eigenvalue weighted by Crippen LogP contribution is -2.29. The van der Waals surface area contributed by atoms with Crippen molar-refractivity contribution in [2.75, 3.05) is 13.1 Å². The van der Waals surface area contributed by atoms with E-state index in [0.29, 0.717) is 12.0 Å². The number of aryl methyl sites for hydroxylation is 1. The van der Waals surface area contributed by atoms with Gasteiger partial charge in [-0.3, -0.25) is 9.88 Å². The molecule has 2 N–H and O–H groups in total. The molecule has 88 valence electrons.